The summed E-state index contributed by atoms with van der Waals surface area (Å²) in [5.74, 6) is -0.426. The Morgan fingerprint density at radius 2 is 1.77 bits per heavy atom. The largest absolute Gasteiger partial charge is 0.478 e. The van der Waals surface area contributed by atoms with Gasteiger partial charge in [0.15, 0.2) is 5.75 Å². The van der Waals surface area contributed by atoms with Crippen molar-refractivity contribution < 1.29 is 14.6 Å². The van der Waals surface area contributed by atoms with Gasteiger partial charge in [-0.05, 0) is 29.7 Å². The van der Waals surface area contributed by atoms with E-state index in [1.807, 2.05) is 24.3 Å². The molecule has 0 unspecified atom stereocenters. The van der Waals surface area contributed by atoms with E-state index in [0.29, 0.717) is 22.5 Å². The monoisotopic (exact) mass is 294 g/mol. The van der Waals surface area contributed by atoms with Crippen LogP contribution in [0.1, 0.15) is 10.4 Å². The zero-order valence-corrected chi connectivity index (χ0v) is 11.6. The minimum absolute atomic E-state index is 0.0786. The molecule has 3 aromatic rings. The van der Waals surface area contributed by atoms with E-state index in [1.54, 1.807) is 24.3 Å². The van der Waals surface area contributed by atoms with Crippen molar-refractivity contribution in [2.45, 2.75) is 0 Å². The Labute approximate surface area is 126 Å². The van der Waals surface area contributed by atoms with Crippen LogP contribution >= 0.6 is 0 Å². The van der Waals surface area contributed by atoms with E-state index in [1.165, 1.54) is 6.07 Å². The topological polar surface area (TPSA) is 98.6 Å². The average molecular weight is 294 g/mol. The lowest BCUT2D eigenvalue weighted by molar-refractivity contribution is 0.0694. The molecule has 5 nitrogen and oxygen atoms in total. The lowest BCUT2D eigenvalue weighted by Gasteiger charge is -2.14. The van der Waals surface area contributed by atoms with E-state index in [0.717, 1.165) is 5.39 Å². The zero-order valence-electron chi connectivity index (χ0n) is 11.6. The number of nitrogen functional groups attached to an aromatic ring is 2. The Bertz CT molecular complexity index is 875. The van der Waals surface area contributed by atoms with Crippen molar-refractivity contribution >= 4 is 28.1 Å². The number of carboxylic acids is 1. The minimum atomic E-state index is -1.06. The number of hydrogen-bond acceptors (Lipinski definition) is 4. The molecule has 5 N–H and O–H groups in total. The zero-order chi connectivity index (χ0) is 15.7. The molecule has 0 saturated heterocycles. The maximum atomic E-state index is 11.5. The number of benzene rings is 3. The van der Waals surface area contributed by atoms with Crippen LogP contribution < -0.4 is 16.2 Å². The standard InChI is InChI=1S/C17H14N2O3/c18-11-6-8-15(14(19)9-11)22-16-12-4-2-1-3-10(12)5-7-13(16)17(20)21/h1-9H,18-19H2,(H,20,21). The lowest BCUT2D eigenvalue weighted by atomic mass is 10.1. The van der Waals surface area contributed by atoms with Gasteiger partial charge in [0.1, 0.15) is 11.3 Å². The third-order valence-corrected chi connectivity index (χ3v) is 3.36. The van der Waals surface area contributed by atoms with Crippen LogP contribution in [0, 0.1) is 0 Å². The van der Waals surface area contributed by atoms with Gasteiger partial charge in [-0.15, -0.1) is 0 Å². The van der Waals surface area contributed by atoms with Gasteiger partial charge < -0.3 is 21.3 Å². The predicted octanol–water partition coefficient (Wildman–Crippen LogP) is 3.49. The van der Waals surface area contributed by atoms with Gasteiger partial charge in [-0.25, -0.2) is 4.79 Å². The summed E-state index contributed by atoms with van der Waals surface area (Å²) in [5.41, 5.74) is 12.5. The van der Waals surface area contributed by atoms with E-state index in [9.17, 15) is 9.90 Å². The number of fused-ring (bicyclic) bond motifs is 1. The Balaban J connectivity index is 2.19. The molecule has 0 aromatic heterocycles. The second-order valence-corrected chi connectivity index (χ2v) is 4.87. The first-order valence-electron chi connectivity index (χ1n) is 6.64. The molecule has 110 valence electrons. The summed E-state index contributed by atoms with van der Waals surface area (Å²) < 4.78 is 5.81. The van der Waals surface area contributed by atoms with Gasteiger partial charge >= 0.3 is 5.97 Å². The van der Waals surface area contributed by atoms with Gasteiger partial charge in [0.25, 0.3) is 0 Å². The fourth-order valence-corrected chi connectivity index (χ4v) is 2.29. The Morgan fingerprint density at radius 1 is 1.00 bits per heavy atom. The number of aromatic carboxylic acids is 1. The molecule has 3 aromatic carbocycles. The molecule has 0 saturated carbocycles. The van der Waals surface area contributed by atoms with Gasteiger partial charge in [-0.2, -0.15) is 0 Å². The van der Waals surface area contributed by atoms with Crippen molar-refractivity contribution in [1.29, 1.82) is 0 Å². The molecular formula is C17H14N2O3. The van der Waals surface area contributed by atoms with Crippen LogP contribution in [0.2, 0.25) is 0 Å². The number of anilines is 2. The molecule has 0 atom stereocenters. The van der Waals surface area contributed by atoms with Crippen LogP contribution in [0.5, 0.6) is 11.5 Å². The molecule has 5 heteroatoms. The molecule has 3 rings (SSSR count). The summed E-state index contributed by atoms with van der Waals surface area (Å²) in [7, 11) is 0. The van der Waals surface area contributed by atoms with Crippen LogP contribution in [0.25, 0.3) is 10.8 Å². The first kappa shape index (κ1) is 13.8. The van der Waals surface area contributed by atoms with Crippen LogP contribution in [-0.4, -0.2) is 11.1 Å². The number of ether oxygens (including phenoxy) is 1. The molecule has 0 aliphatic carbocycles. The average Bonchev–Trinajstić information content (AvgIpc) is 2.50. The lowest BCUT2D eigenvalue weighted by Crippen LogP contribution is -2.02. The van der Waals surface area contributed by atoms with Crippen LogP contribution in [0.3, 0.4) is 0 Å². The molecule has 0 heterocycles. The maximum absolute atomic E-state index is 11.5. The number of nitrogens with two attached hydrogens (primary N) is 2. The molecule has 0 fully saturated rings. The molecule has 0 aliphatic heterocycles. The van der Waals surface area contributed by atoms with E-state index in [2.05, 4.69) is 0 Å². The van der Waals surface area contributed by atoms with Crippen LogP contribution in [0.15, 0.2) is 54.6 Å². The quantitative estimate of drug-likeness (QED) is 0.642. The molecule has 0 aliphatic rings. The number of rotatable bonds is 3. The Morgan fingerprint density at radius 3 is 2.50 bits per heavy atom. The number of hydrogen-bond donors (Lipinski definition) is 3. The van der Waals surface area contributed by atoms with Crippen LogP contribution in [0.4, 0.5) is 11.4 Å². The van der Waals surface area contributed by atoms with Gasteiger partial charge in [0.05, 0.1) is 5.69 Å². The third-order valence-electron chi connectivity index (χ3n) is 3.36. The first-order chi connectivity index (χ1) is 10.6. The van der Waals surface area contributed by atoms with Crippen molar-refractivity contribution in [3.05, 3.63) is 60.2 Å². The van der Waals surface area contributed by atoms with Gasteiger partial charge in [0, 0.05) is 11.1 Å². The van der Waals surface area contributed by atoms with Crippen molar-refractivity contribution in [2.75, 3.05) is 11.5 Å². The fourth-order valence-electron chi connectivity index (χ4n) is 2.29. The van der Waals surface area contributed by atoms with Crippen molar-refractivity contribution in [1.82, 2.24) is 0 Å². The highest BCUT2D eigenvalue weighted by atomic mass is 16.5. The number of carbonyl (C=O) groups is 1. The third kappa shape index (κ3) is 2.40. The highest BCUT2D eigenvalue weighted by molar-refractivity contribution is 6.00. The molecule has 0 spiro atoms. The molecular weight excluding hydrogens is 280 g/mol. The summed E-state index contributed by atoms with van der Waals surface area (Å²) >= 11 is 0. The van der Waals surface area contributed by atoms with Crippen molar-refractivity contribution in [3.8, 4) is 11.5 Å². The van der Waals surface area contributed by atoms with Gasteiger partial charge in [0.2, 0.25) is 0 Å². The summed E-state index contributed by atoms with van der Waals surface area (Å²) in [6.07, 6.45) is 0. The molecule has 0 radical (unpaired) electrons. The summed E-state index contributed by atoms with van der Waals surface area (Å²) in [4.78, 5) is 11.5. The molecule has 0 amide bonds. The Hall–Kier alpha value is -3.21. The Kier molecular flexibility index (Phi) is 3.31. The SMILES string of the molecule is Nc1ccc(Oc2c(C(=O)O)ccc3ccccc23)c(N)c1. The van der Waals surface area contributed by atoms with E-state index in [4.69, 9.17) is 16.2 Å². The molecule has 0 bridgehead atoms. The van der Waals surface area contributed by atoms with E-state index in [-0.39, 0.29) is 11.3 Å². The highest BCUT2D eigenvalue weighted by Crippen LogP contribution is 2.36. The second kappa shape index (κ2) is 5.29. The van der Waals surface area contributed by atoms with Crippen molar-refractivity contribution in [3.63, 3.8) is 0 Å². The second-order valence-electron chi connectivity index (χ2n) is 4.87. The maximum Gasteiger partial charge on any atom is 0.339 e. The summed E-state index contributed by atoms with van der Waals surface area (Å²) in [5, 5.41) is 11.0. The van der Waals surface area contributed by atoms with Gasteiger partial charge in [-0.1, -0.05) is 30.3 Å². The highest BCUT2D eigenvalue weighted by Gasteiger charge is 2.16. The minimum Gasteiger partial charge on any atom is -0.478 e. The van der Waals surface area contributed by atoms with Gasteiger partial charge in [-0.3, -0.25) is 0 Å². The summed E-state index contributed by atoms with van der Waals surface area (Å²) in [6.45, 7) is 0. The fraction of sp³-hybridized carbons (Fsp3) is 0. The van der Waals surface area contributed by atoms with E-state index < -0.39 is 5.97 Å². The van der Waals surface area contributed by atoms with Crippen LogP contribution in [-0.2, 0) is 0 Å². The first-order valence-corrected chi connectivity index (χ1v) is 6.64. The van der Waals surface area contributed by atoms with E-state index >= 15 is 0 Å². The molecule has 22 heavy (non-hydrogen) atoms. The normalized spacial score (nSPS) is 10.5. The smallest absolute Gasteiger partial charge is 0.339 e. The van der Waals surface area contributed by atoms with Crippen molar-refractivity contribution in [2.24, 2.45) is 0 Å². The summed E-state index contributed by atoms with van der Waals surface area (Å²) in [6, 6.07) is 15.5. The predicted molar refractivity (Wildman–Crippen MR) is 86.2 cm³/mol. The number of carboxylic acid groups (broad SMARTS) is 1.